The van der Waals surface area contributed by atoms with Crippen LogP contribution in [0.5, 0.6) is 0 Å². The number of alkyl halides is 3. The standard InChI is InChI=1S/C15H24F3OSi/c1-10-8-14(13(3,4)5,19-20(6)7)11(2)12(10)9-15(16,17)18/h1,8-9H2,2-7H3. The first-order chi connectivity index (χ1) is 8.80. The van der Waals surface area contributed by atoms with E-state index in [-0.39, 0.29) is 5.41 Å². The molecule has 0 aliphatic heterocycles. The summed E-state index contributed by atoms with van der Waals surface area (Å²) < 4.78 is 44.5. The highest BCUT2D eigenvalue weighted by atomic mass is 28.3. The zero-order valence-corrected chi connectivity index (χ0v) is 14.2. The topological polar surface area (TPSA) is 9.23 Å². The van der Waals surface area contributed by atoms with E-state index in [2.05, 4.69) is 6.58 Å². The molecule has 0 heterocycles. The van der Waals surface area contributed by atoms with Crippen molar-refractivity contribution in [2.75, 3.05) is 0 Å². The van der Waals surface area contributed by atoms with Crippen molar-refractivity contribution in [2.45, 2.75) is 65.4 Å². The van der Waals surface area contributed by atoms with Crippen LogP contribution in [-0.2, 0) is 4.43 Å². The largest absolute Gasteiger partial charge is 0.407 e. The van der Waals surface area contributed by atoms with Gasteiger partial charge in [-0.1, -0.05) is 27.4 Å². The summed E-state index contributed by atoms with van der Waals surface area (Å²) in [5.41, 5.74) is 0.685. The predicted molar refractivity (Wildman–Crippen MR) is 77.9 cm³/mol. The molecule has 1 aliphatic rings. The number of allylic oxidation sites excluding steroid dienone is 1. The molecule has 0 saturated carbocycles. The molecule has 0 aromatic carbocycles. The Bertz CT molecular complexity index is 429. The maximum Gasteiger partial charge on any atom is 0.393 e. The van der Waals surface area contributed by atoms with E-state index in [1.54, 1.807) is 6.92 Å². The van der Waals surface area contributed by atoms with Gasteiger partial charge in [0.2, 0.25) is 9.04 Å². The van der Waals surface area contributed by atoms with E-state index >= 15 is 0 Å². The van der Waals surface area contributed by atoms with Crippen LogP contribution in [0.3, 0.4) is 0 Å². The molecule has 1 aliphatic carbocycles. The maximum atomic E-state index is 12.8. The first kappa shape index (κ1) is 17.5. The molecule has 1 unspecified atom stereocenters. The molecule has 0 N–H and O–H groups in total. The van der Waals surface area contributed by atoms with Gasteiger partial charge in [0.05, 0.1) is 12.0 Å². The summed E-state index contributed by atoms with van der Waals surface area (Å²) in [6.07, 6.45) is -4.66. The third-order valence-corrected chi connectivity index (χ3v) is 4.67. The Morgan fingerprint density at radius 2 is 1.75 bits per heavy atom. The summed E-state index contributed by atoms with van der Waals surface area (Å²) in [6.45, 7) is 15.7. The fourth-order valence-corrected chi connectivity index (χ4v) is 4.18. The molecular formula is C15H24F3OSi. The molecule has 0 bridgehead atoms. The quantitative estimate of drug-likeness (QED) is 0.646. The molecule has 0 amide bonds. The van der Waals surface area contributed by atoms with E-state index in [1.165, 1.54) is 0 Å². The second kappa shape index (κ2) is 5.33. The van der Waals surface area contributed by atoms with Crippen molar-refractivity contribution >= 4 is 9.04 Å². The Labute approximate surface area is 121 Å². The molecule has 0 saturated heterocycles. The second-order valence-corrected chi connectivity index (χ2v) is 8.78. The van der Waals surface area contributed by atoms with E-state index in [0.717, 1.165) is 0 Å². The zero-order valence-electron chi connectivity index (χ0n) is 13.2. The summed E-state index contributed by atoms with van der Waals surface area (Å²) in [4.78, 5) is 0. The van der Waals surface area contributed by atoms with Gasteiger partial charge in [-0.2, -0.15) is 13.2 Å². The molecule has 1 atom stereocenters. The van der Waals surface area contributed by atoms with E-state index in [0.29, 0.717) is 23.1 Å². The fraction of sp³-hybridized carbons (Fsp3) is 0.733. The lowest BCUT2D eigenvalue weighted by atomic mass is 9.72. The minimum Gasteiger partial charge on any atom is -0.407 e. The Morgan fingerprint density at radius 3 is 2.10 bits per heavy atom. The number of hydrogen-bond acceptors (Lipinski definition) is 1. The van der Waals surface area contributed by atoms with Gasteiger partial charge in [-0.05, 0) is 42.2 Å². The summed E-state index contributed by atoms with van der Waals surface area (Å²) in [5, 5.41) is 0. The van der Waals surface area contributed by atoms with Crippen molar-refractivity contribution < 1.29 is 17.6 Å². The smallest absolute Gasteiger partial charge is 0.393 e. The maximum absolute atomic E-state index is 12.8. The lowest BCUT2D eigenvalue weighted by Crippen LogP contribution is -2.47. The van der Waals surface area contributed by atoms with Crippen LogP contribution in [0.1, 0.15) is 40.5 Å². The predicted octanol–water partition coefficient (Wildman–Crippen LogP) is 5.27. The van der Waals surface area contributed by atoms with Gasteiger partial charge in [0.1, 0.15) is 0 Å². The molecule has 115 valence electrons. The van der Waals surface area contributed by atoms with E-state index in [4.69, 9.17) is 4.43 Å². The summed E-state index contributed by atoms with van der Waals surface area (Å²) >= 11 is 0. The molecule has 0 aromatic heterocycles. The van der Waals surface area contributed by atoms with Gasteiger partial charge in [-0.3, -0.25) is 0 Å². The molecule has 0 spiro atoms. The van der Waals surface area contributed by atoms with Gasteiger partial charge in [-0.25, -0.2) is 0 Å². The highest BCUT2D eigenvalue weighted by molar-refractivity contribution is 6.48. The Balaban J connectivity index is 3.32. The molecule has 1 nitrogen and oxygen atoms in total. The monoisotopic (exact) mass is 305 g/mol. The van der Waals surface area contributed by atoms with Crippen LogP contribution in [0.15, 0.2) is 23.3 Å². The Hall–Kier alpha value is -0.553. The first-order valence-electron chi connectivity index (χ1n) is 6.74. The average Bonchev–Trinajstić information content (AvgIpc) is 2.40. The summed E-state index contributed by atoms with van der Waals surface area (Å²) in [5.74, 6) is 0. The molecule has 20 heavy (non-hydrogen) atoms. The van der Waals surface area contributed by atoms with Crippen molar-refractivity contribution in [2.24, 2.45) is 5.41 Å². The van der Waals surface area contributed by atoms with E-state index in [1.807, 2.05) is 33.9 Å². The summed E-state index contributed by atoms with van der Waals surface area (Å²) in [6, 6.07) is 0. The van der Waals surface area contributed by atoms with Crippen LogP contribution in [0.2, 0.25) is 13.1 Å². The van der Waals surface area contributed by atoms with Crippen molar-refractivity contribution in [1.29, 1.82) is 0 Å². The molecule has 0 fully saturated rings. The van der Waals surface area contributed by atoms with Crippen molar-refractivity contribution in [3.8, 4) is 0 Å². The van der Waals surface area contributed by atoms with Gasteiger partial charge < -0.3 is 4.43 Å². The van der Waals surface area contributed by atoms with Crippen LogP contribution in [-0.4, -0.2) is 20.8 Å². The minimum atomic E-state index is -4.21. The molecule has 1 radical (unpaired) electrons. The molecule has 5 heteroatoms. The van der Waals surface area contributed by atoms with Gasteiger partial charge in [0.25, 0.3) is 0 Å². The van der Waals surface area contributed by atoms with Gasteiger partial charge in [0.15, 0.2) is 0 Å². The molecular weight excluding hydrogens is 281 g/mol. The Morgan fingerprint density at radius 1 is 1.25 bits per heavy atom. The van der Waals surface area contributed by atoms with Gasteiger partial charge in [-0.15, -0.1) is 0 Å². The van der Waals surface area contributed by atoms with Crippen LogP contribution < -0.4 is 0 Å². The van der Waals surface area contributed by atoms with Crippen molar-refractivity contribution in [3.63, 3.8) is 0 Å². The first-order valence-corrected chi connectivity index (χ1v) is 9.15. The minimum absolute atomic E-state index is 0.269. The van der Waals surface area contributed by atoms with Crippen LogP contribution in [0.25, 0.3) is 0 Å². The van der Waals surface area contributed by atoms with Crippen LogP contribution in [0.4, 0.5) is 13.2 Å². The van der Waals surface area contributed by atoms with Gasteiger partial charge in [0, 0.05) is 6.42 Å². The normalized spacial score (nSPS) is 25.0. The average molecular weight is 305 g/mol. The van der Waals surface area contributed by atoms with E-state index in [9.17, 15) is 13.2 Å². The number of rotatable bonds is 3. The Kier molecular flexibility index (Phi) is 4.67. The van der Waals surface area contributed by atoms with Crippen LogP contribution in [0, 0.1) is 5.41 Å². The van der Waals surface area contributed by atoms with E-state index < -0.39 is 27.2 Å². The summed E-state index contributed by atoms with van der Waals surface area (Å²) in [7, 11) is -1.04. The lowest BCUT2D eigenvalue weighted by Gasteiger charge is -2.45. The molecule has 1 rings (SSSR count). The SMILES string of the molecule is C=C1CC(O[Si](C)C)(C(C)(C)C)C(C)=C1CC(F)(F)F. The second-order valence-electron chi connectivity index (χ2n) is 6.76. The van der Waals surface area contributed by atoms with Crippen LogP contribution >= 0.6 is 0 Å². The van der Waals surface area contributed by atoms with Crippen molar-refractivity contribution in [3.05, 3.63) is 23.3 Å². The highest BCUT2D eigenvalue weighted by Gasteiger charge is 2.51. The number of halogens is 3. The third kappa shape index (κ3) is 3.37. The lowest BCUT2D eigenvalue weighted by molar-refractivity contribution is -0.126. The zero-order chi connectivity index (χ0) is 15.9. The van der Waals surface area contributed by atoms with Gasteiger partial charge >= 0.3 is 6.18 Å². The number of hydrogen-bond donors (Lipinski definition) is 0. The fourth-order valence-electron chi connectivity index (χ4n) is 2.95. The highest BCUT2D eigenvalue weighted by Crippen LogP contribution is 2.53. The van der Waals surface area contributed by atoms with Crippen molar-refractivity contribution in [1.82, 2.24) is 0 Å². The third-order valence-electron chi connectivity index (χ3n) is 3.91. The molecule has 0 aromatic rings.